The first-order valence-electron chi connectivity index (χ1n) is 6.17. The van der Waals surface area contributed by atoms with Crippen LogP contribution in [0.1, 0.15) is 13.3 Å². The molecule has 2 heterocycles. The molecule has 1 N–H and O–H groups in total. The van der Waals surface area contributed by atoms with Crippen LogP contribution in [0.25, 0.3) is 11.0 Å². The Morgan fingerprint density at radius 3 is 3.11 bits per heavy atom. The van der Waals surface area contributed by atoms with Crippen molar-refractivity contribution in [3.8, 4) is 0 Å². The summed E-state index contributed by atoms with van der Waals surface area (Å²) in [6, 6.07) is 5.54. The molecule has 1 aliphatic heterocycles. The van der Waals surface area contributed by atoms with Crippen molar-refractivity contribution in [3.63, 3.8) is 0 Å². The van der Waals surface area contributed by atoms with Crippen LogP contribution in [-0.4, -0.2) is 32.8 Å². The molecule has 5 nitrogen and oxygen atoms in total. The van der Waals surface area contributed by atoms with Crippen LogP contribution in [0.4, 0.5) is 10.5 Å². The molecular weight excluding hydrogens is 260 g/mol. The van der Waals surface area contributed by atoms with Gasteiger partial charge in [-0.05, 0) is 25.5 Å². The Kier molecular flexibility index (Phi) is 3.16. The smallest absolute Gasteiger partial charge is 0.320 e. The molecule has 0 fully saturated rings. The Hall–Kier alpha value is -1.95. The number of benzene rings is 1. The van der Waals surface area contributed by atoms with Crippen molar-refractivity contribution >= 4 is 34.5 Å². The van der Waals surface area contributed by atoms with Gasteiger partial charge in [-0.3, -0.25) is 0 Å². The van der Waals surface area contributed by atoms with E-state index in [1.807, 2.05) is 18.2 Å². The van der Waals surface area contributed by atoms with Gasteiger partial charge in [-0.1, -0.05) is 17.7 Å². The van der Waals surface area contributed by atoms with Crippen molar-refractivity contribution in [2.24, 2.45) is 0 Å². The molecule has 0 atom stereocenters. The van der Waals surface area contributed by atoms with Gasteiger partial charge in [0.1, 0.15) is 11.0 Å². The lowest BCUT2D eigenvalue weighted by Crippen LogP contribution is -2.37. The Balaban J connectivity index is 1.78. The van der Waals surface area contributed by atoms with E-state index in [0.717, 1.165) is 41.4 Å². The van der Waals surface area contributed by atoms with Gasteiger partial charge in [0.15, 0.2) is 0 Å². The number of anilines is 1. The highest BCUT2D eigenvalue weighted by Gasteiger charge is 2.17. The number of hydrogen-bond donors (Lipinski definition) is 1. The van der Waals surface area contributed by atoms with E-state index in [1.54, 1.807) is 4.90 Å². The first kappa shape index (κ1) is 12.1. The maximum atomic E-state index is 12.2. The molecule has 98 valence electrons. The normalized spacial score (nSPS) is 15.4. The molecule has 2 aromatic rings. The predicted molar refractivity (Wildman–Crippen MR) is 76.4 cm³/mol. The third-order valence-corrected chi connectivity index (χ3v) is 3.79. The molecule has 0 spiro atoms. The fraction of sp³-hybridized carbons (Fsp3) is 0.308. The molecule has 2 amide bonds. The van der Waals surface area contributed by atoms with Crippen LogP contribution in [0.15, 0.2) is 29.8 Å². The van der Waals surface area contributed by atoms with Gasteiger partial charge in [-0.25, -0.2) is 4.79 Å². The maximum absolute atomic E-state index is 12.2. The van der Waals surface area contributed by atoms with E-state index in [4.69, 9.17) is 0 Å². The zero-order valence-electron chi connectivity index (χ0n) is 10.6. The second-order valence-corrected chi connectivity index (χ2v) is 5.14. The number of nitrogens with zero attached hydrogens (tertiary/aromatic N) is 3. The molecule has 19 heavy (non-hydrogen) atoms. The number of urea groups is 1. The van der Waals surface area contributed by atoms with Crippen molar-refractivity contribution in [1.29, 1.82) is 0 Å². The molecule has 1 aliphatic rings. The number of nitrogens with one attached hydrogen (secondary N) is 1. The van der Waals surface area contributed by atoms with Gasteiger partial charge in [0.05, 0.1) is 17.4 Å². The molecule has 6 heteroatoms. The quantitative estimate of drug-likeness (QED) is 0.813. The summed E-state index contributed by atoms with van der Waals surface area (Å²) in [4.78, 5) is 14.0. The maximum Gasteiger partial charge on any atom is 0.322 e. The minimum atomic E-state index is -0.0794. The summed E-state index contributed by atoms with van der Waals surface area (Å²) >= 11 is 1.16. The summed E-state index contributed by atoms with van der Waals surface area (Å²) in [5.41, 5.74) is 3.64. The Labute approximate surface area is 115 Å². The summed E-state index contributed by atoms with van der Waals surface area (Å²) < 4.78 is 8.38. The minimum absolute atomic E-state index is 0.0794. The molecule has 0 aliphatic carbocycles. The number of amides is 2. The first-order valence-corrected chi connectivity index (χ1v) is 6.90. The fourth-order valence-electron chi connectivity index (χ4n) is 2.06. The van der Waals surface area contributed by atoms with Crippen molar-refractivity contribution in [2.75, 3.05) is 18.4 Å². The van der Waals surface area contributed by atoms with Crippen molar-refractivity contribution < 1.29 is 4.79 Å². The highest BCUT2D eigenvalue weighted by atomic mass is 32.1. The van der Waals surface area contributed by atoms with Crippen LogP contribution in [0.5, 0.6) is 0 Å². The summed E-state index contributed by atoms with van der Waals surface area (Å²) in [5.74, 6) is 0. The van der Waals surface area contributed by atoms with Crippen LogP contribution >= 0.6 is 11.7 Å². The van der Waals surface area contributed by atoms with Crippen LogP contribution in [-0.2, 0) is 0 Å². The Morgan fingerprint density at radius 2 is 2.32 bits per heavy atom. The Bertz CT molecular complexity index is 649. The fourth-order valence-corrected chi connectivity index (χ4v) is 2.61. The molecule has 1 aromatic heterocycles. The summed E-state index contributed by atoms with van der Waals surface area (Å²) in [6.45, 7) is 3.53. The van der Waals surface area contributed by atoms with E-state index in [2.05, 4.69) is 27.1 Å². The highest BCUT2D eigenvalue weighted by Crippen LogP contribution is 2.22. The number of rotatable bonds is 1. The van der Waals surface area contributed by atoms with E-state index < -0.39 is 0 Å². The van der Waals surface area contributed by atoms with E-state index in [-0.39, 0.29) is 6.03 Å². The number of hydrogen-bond acceptors (Lipinski definition) is 4. The van der Waals surface area contributed by atoms with Gasteiger partial charge in [-0.2, -0.15) is 8.75 Å². The molecule has 0 saturated heterocycles. The first-order chi connectivity index (χ1) is 9.24. The molecule has 0 unspecified atom stereocenters. The van der Waals surface area contributed by atoms with Gasteiger partial charge < -0.3 is 10.2 Å². The van der Waals surface area contributed by atoms with Crippen molar-refractivity contribution in [1.82, 2.24) is 13.6 Å². The van der Waals surface area contributed by atoms with Gasteiger partial charge in [0.25, 0.3) is 0 Å². The molecule has 0 saturated carbocycles. The zero-order chi connectivity index (χ0) is 13.2. The number of fused-ring (bicyclic) bond motifs is 1. The molecule has 3 rings (SSSR count). The van der Waals surface area contributed by atoms with Gasteiger partial charge >= 0.3 is 6.03 Å². The molecule has 1 aromatic carbocycles. The highest BCUT2D eigenvalue weighted by molar-refractivity contribution is 7.00. The summed E-state index contributed by atoms with van der Waals surface area (Å²) in [5, 5.41) is 2.92. The zero-order valence-corrected chi connectivity index (χ0v) is 11.4. The second kappa shape index (κ2) is 4.97. The minimum Gasteiger partial charge on any atom is -0.320 e. The van der Waals surface area contributed by atoms with E-state index >= 15 is 0 Å². The third kappa shape index (κ3) is 2.44. The summed E-state index contributed by atoms with van der Waals surface area (Å²) in [7, 11) is 0. The van der Waals surface area contributed by atoms with Gasteiger partial charge in [0, 0.05) is 13.1 Å². The molecule has 0 bridgehead atoms. The largest absolute Gasteiger partial charge is 0.322 e. The van der Waals surface area contributed by atoms with Crippen LogP contribution in [0.3, 0.4) is 0 Å². The van der Waals surface area contributed by atoms with Gasteiger partial charge in [-0.15, -0.1) is 0 Å². The molecule has 0 radical (unpaired) electrons. The Morgan fingerprint density at radius 1 is 1.42 bits per heavy atom. The van der Waals surface area contributed by atoms with Crippen LogP contribution < -0.4 is 5.32 Å². The lowest BCUT2D eigenvalue weighted by molar-refractivity contribution is 0.215. The summed E-state index contributed by atoms with van der Waals surface area (Å²) in [6.07, 6.45) is 3.03. The lowest BCUT2D eigenvalue weighted by Gasteiger charge is -2.25. The predicted octanol–water partition coefficient (Wildman–Crippen LogP) is 2.88. The number of carbonyl (C=O) groups excluding carboxylic acids is 1. The third-order valence-electron chi connectivity index (χ3n) is 3.25. The van der Waals surface area contributed by atoms with Gasteiger partial charge in [0.2, 0.25) is 0 Å². The average Bonchev–Trinajstić information content (AvgIpc) is 2.89. The van der Waals surface area contributed by atoms with E-state index in [0.29, 0.717) is 6.54 Å². The van der Waals surface area contributed by atoms with E-state index in [1.165, 1.54) is 5.57 Å². The van der Waals surface area contributed by atoms with Crippen molar-refractivity contribution in [2.45, 2.75) is 13.3 Å². The van der Waals surface area contributed by atoms with Crippen molar-refractivity contribution in [3.05, 3.63) is 29.8 Å². The van der Waals surface area contributed by atoms with E-state index in [9.17, 15) is 4.79 Å². The average molecular weight is 274 g/mol. The lowest BCUT2D eigenvalue weighted by atomic mass is 10.1. The monoisotopic (exact) mass is 274 g/mol. The van der Waals surface area contributed by atoms with Crippen LogP contribution in [0, 0.1) is 0 Å². The SMILES string of the molecule is CC1=CCN(C(=O)Nc2cccc3nsnc23)CC1. The number of aromatic nitrogens is 2. The molecular formula is C13H14N4OS. The topological polar surface area (TPSA) is 58.1 Å². The van der Waals surface area contributed by atoms with Crippen LogP contribution in [0.2, 0.25) is 0 Å². The number of carbonyl (C=O) groups is 1. The second-order valence-electron chi connectivity index (χ2n) is 4.61. The standard InChI is InChI=1S/C13H14N4OS/c1-9-5-7-17(8-6-9)13(18)14-10-3-2-4-11-12(10)16-19-15-11/h2-5H,6-8H2,1H3,(H,14,18).